The van der Waals surface area contributed by atoms with Crippen molar-refractivity contribution >= 4 is 23.3 Å². The Kier molecular flexibility index (Phi) is 5.09. The number of pyridine rings is 1. The van der Waals surface area contributed by atoms with Gasteiger partial charge in [-0.2, -0.15) is 13.2 Å². The zero-order chi connectivity index (χ0) is 18.9. The summed E-state index contributed by atoms with van der Waals surface area (Å²) in [6.45, 7) is 1.20. The van der Waals surface area contributed by atoms with Crippen LogP contribution in [-0.2, 0) is 10.9 Å². The Bertz CT molecular complexity index is 826. The number of hydrogen-bond donors (Lipinski definition) is 0. The van der Waals surface area contributed by atoms with Crippen molar-refractivity contribution in [1.29, 1.82) is 0 Å². The van der Waals surface area contributed by atoms with Crippen LogP contribution >= 0.6 is 11.6 Å². The second kappa shape index (κ2) is 7.15. The molecule has 4 nitrogen and oxygen atoms in total. The van der Waals surface area contributed by atoms with E-state index < -0.39 is 17.7 Å². The normalized spacial score (nSPS) is 17.4. The number of ether oxygens (including phenoxy) is 1. The van der Waals surface area contributed by atoms with Crippen LogP contribution in [0.15, 0.2) is 36.4 Å². The summed E-state index contributed by atoms with van der Waals surface area (Å²) >= 11 is 6.08. The highest BCUT2D eigenvalue weighted by atomic mass is 35.5. The Morgan fingerprint density at radius 3 is 2.73 bits per heavy atom. The van der Waals surface area contributed by atoms with Crippen LogP contribution in [0.2, 0.25) is 5.02 Å². The number of esters is 1. The maximum absolute atomic E-state index is 12.8. The molecule has 3 rings (SSSR count). The van der Waals surface area contributed by atoms with Gasteiger partial charge in [0, 0.05) is 24.7 Å². The molecule has 1 aromatic heterocycles. The highest BCUT2D eigenvalue weighted by molar-refractivity contribution is 6.33. The summed E-state index contributed by atoms with van der Waals surface area (Å²) in [6, 6.07) is 8.52. The molecule has 1 saturated heterocycles. The fourth-order valence-electron chi connectivity index (χ4n) is 3.06. The van der Waals surface area contributed by atoms with Crippen molar-refractivity contribution < 1.29 is 22.7 Å². The van der Waals surface area contributed by atoms with Crippen LogP contribution < -0.4 is 4.90 Å². The Morgan fingerprint density at radius 1 is 1.31 bits per heavy atom. The van der Waals surface area contributed by atoms with Crippen molar-refractivity contribution in [3.05, 3.63) is 58.4 Å². The number of halogens is 4. The summed E-state index contributed by atoms with van der Waals surface area (Å²) in [4.78, 5) is 17.9. The fraction of sp³-hybridized carbons (Fsp3) is 0.333. The largest absolute Gasteiger partial charge is 0.464 e. The van der Waals surface area contributed by atoms with E-state index in [1.165, 1.54) is 13.2 Å². The van der Waals surface area contributed by atoms with Crippen LogP contribution in [0.25, 0.3) is 0 Å². The molecular formula is C18H16ClF3N2O2. The number of benzene rings is 1. The molecule has 1 unspecified atom stereocenters. The maximum Gasteiger partial charge on any atom is 0.416 e. The smallest absolute Gasteiger partial charge is 0.416 e. The summed E-state index contributed by atoms with van der Waals surface area (Å²) in [5.41, 5.74) is 0.773. The van der Waals surface area contributed by atoms with Crippen molar-refractivity contribution in [1.82, 2.24) is 4.98 Å². The van der Waals surface area contributed by atoms with Crippen LogP contribution in [0.5, 0.6) is 0 Å². The second-order valence-corrected chi connectivity index (χ2v) is 6.44. The Labute approximate surface area is 153 Å². The van der Waals surface area contributed by atoms with Gasteiger partial charge in [0.05, 0.1) is 23.4 Å². The van der Waals surface area contributed by atoms with E-state index in [1.807, 2.05) is 11.0 Å². The molecule has 2 heterocycles. The zero-order valence-electron chi connectivity index (χ0n) is 13.9. The minimum Gasteiger partial charge on any atom is -0.464 e. The van der Waals surface area contributed by atoms with Crippen LogP contribution in [0.4, 0.5) is 18.9 Å². The van der Waals surface area contributed by atoms with Crippen LogP contribution in [-0.4, -0.2) is 31.2 Å². The van der Waals surface area contributed by atoms with Gasteiger partial charge in [0.25, 0.3) is 0 Å². The summed E-state index contributed by atoms with van der Waals surface area (Å²) in [6.07, 6.45) is -3.66. The molecule has 0 saturated carbocycles. The lowest BCUT2D eigenvalue weighted by atomic mass is 10.0. The molecule has 26 heavy (non-hydrogen) atoms. The first-order chi connectivity index (χ1) is 12.3. The van der Waals surface area contributed by atoms with Crippen molar-refractivity contribution in [2.75, 3.05) is 25.1 Å². The predicted octanol–water partition coefficient (Wildman–Crippen LogP) is 4.53. The standard InChI is InChI=1S/C18H16ClF3N2O2/c1-26-17(25)15-4-2-3-14(23-15)11-7-8-24(10-11)16-6-5-12(9-13(16)19)18(20,21)22/h2-6,9,11H,7-8,10H2,1H3. The SMILES string of the molecule is COC(=O)c1cccc(C2CCN(c3ccc(C(F)(F)F)cc3Cl)C2)n1. The number of hydrogen-bond acceptors (Lipinski definition) is 4. The molecular weight excluding hydrogens is 369 g/mol. The lowest BCUT2D eigenvalue weighted by Gasteiger charge is -2.21. The third kappa shape index (κ3) is 3.77. The molecule has 0 bridgehead atoms. The third-order valence-electron chi connectivity index (χ3n) is 4.39. The van der Waals surface area contributed by atoms with E-state index in [-0.39, 0.29) is 16.6 Å². The monoisotopic (exact) mass is 384 g/mol. The van der Waals surface area contributed by atoms with Crippen molar-refractivity contribution in [2.45, 2.75) is 18.5 Å². The summed E-state index contributed by atoms with van der Waals surface area (Å²) in [5, 5.41) is 0.0664. The van der Waals surface area contributed by atoms with E-state index in [2.05, 4.69) is 9.72 Å². The first-order valence-corrected chi connectivity index (χ1v) is 8.34. The number of carbonyl (C=O) groups is 1. The van der Waals surface area contributed by atoms with E-state index >= 15 is 0 Å². The number of methoxy groups -OCH3 is 1. The molecule has 2 aromatic rings. The average Bonchev–Trinajstić information content (AvgIpc) is 3.10. The number of nitrogens with zero attached hydrogens (tertiary/aromatic N) is 2. The molecule has 1 aliphatic heterocycles. The third-order valence-corrected chi connectivity index (χ3v) is 4.69. The molecule has 1 atom stereocenters. The summed E-state index contributed by atoms with van der Waals surface area (Å²) < 4.78 is 43.0. The highest BCUT2D eigenvalue weighted by Crippen LogP contribution is 2.38. The van der Waals surface area contributed by atoms with Gasteiger partial charge in [-0.1, -0.05) is 17.7 Å². The van der Waals surface area contributed by atoms with Gasteiger partial charge in [0.1, 0.15) is 5.69 Å². The first kappa shape index (κ1) is 18.5. The van der Waals surface area contributed by atoms with Gasteiger partial charge in [-0.3, -0.25) is 0 Å². The second-order valence-electron chi connectivity index (χ2n) is 6.03. The average molecular weight is 385 g/mol. The fourth-order valence-corrected chi connectivity index (χ4v) is 3.36. The van der Waals surface area contributed by atoms with Gasteiger partial charge in [0.15, 0.2) is 0 Å². The molecule has 0 N–H and O–H groups in total. The summed E-state index contributed by atoms with van der Waals surface area (Å²) in [5.74, 6) is -0.453. The predicted molar refractivity (Wildman–Crippen MR) is 91.6 cm³/mol. The number of rotatable bonds is 3. The van der Waals surface area contributed by atoms with Crippen LogP contribution in [0.1, 0.15) is 34.1 Å². The first-order valence-electron chi connectivity index (χ1n) is 7.96. The van der Waals surface area contributed by atoms with Gasteiger partial charge in [0.2, 0.25) is 0 Å². The number of aromatic nitrogens is 1. The van der Waals surface area contributed by atoms with E-state index in [9.17, 15) is 18.0 Å². The highest BCUT2D eigenvalue weighted by Gasteiger charge is 2.32. The van der Waals surface area contributed by atoms with Crippen molar-refractivity contribution in [2.24, 2.45) is 0 Å². The molecule has 0 spiro atoms. The quantitative estimate of drug-likeness (QED) is 0.729. The molecule has 0 amide bonds. The van der Waals surface area contributed by atoms with E-state index in [0.717, 1.165) is 24.2 Å². The van der Waals surface area contributed by atoms with E-state index in [1.54, 1.807) is 12.1 Å². The van der Waals surface area contributed by atoms with Gasteiger partial charge < -0.3 is 9.64 Å². The van der Waals surface area contributed by atoms with Gasteiger partial charge in [-0.15, -0.1) is 0 Å². The molecule has 0 aliphatic carbocycles. The summed E-state index contributed by atoms with van der Waals surface area (Å²) in [7, 11) is 1.29. The van der Waals surface area contributed by atoms with E-state index in [0.29, 0.717) is 18.8 Å². The molecule has 1 aliphatic rings. The van der Waals surface area contributed by atoms with Crippen LogP contribution in [0, 0.1) is 0 Å². The minimum atomic E-state index is -4.42. The number of anilines is 1. The number of carbonyl (C=O) groups excluding carboxylic acids is 1. The molecule has 8 heteroatoms. The molecule has 1 fully saturated rings. The zero-order valence-corrected chi connectivity index (χ0v) is 14.6. The van der Waals surface area contributed by atoms with Gasteiger partial charge >= 0.3 is 12.1 Å². The minimum absolute atomic E-state index is 0.0537. The van der Waals surface area contributed by atoms with Crippen molar-refractivity contribution in [3.63, 3.8) is 0 Å². The lowest BCUT2D eigenvalue weighted by Crippen LogP contribution is -2.20. The van der Waals surface area contributed by atoms with Crippen molar-refractivity contribution in [3.8, 4) is 0 Å². The number of alkyl halides is 3. The van der Waals surface area contributed by atoms with Gasteiger partial charge in [-0.05, 0) is 36.8 Å². The van der Waals surface area contributed by atoms with Gasteiger partial charge in [-0.25, -0.2) is 9.78 Å². The topological polar surface area (TPSA) is 42.4 Å². The Balaban J connectivity index is 1.78. The van der Waals surface area contributed by atoms with E-state index in [4.69, 9.17) is 11.6 Å². The Morgan fingerprint density at radius 2 is 2.08 bits per heavy atom. The maximum atomic E-state index is 12.8. The molecule has 0 radical (unpaired) electrons. The molecule has 138 valence electrons. The molecule has 1 aromatic carbocycles. The van der Waals surface area contributed by atoms with Crippen LogP contribution in [0.3, 0.4) is 0 Å². The lowest BCUT2D eigenvalue weighted by molar-refractivity contribution is -0.137. The Hall–Kier alpha value is -2.28.